The van der Waals surface area contributed by atoms with Crippen LogP contribution in [-0.2, 0) is 6.42 Å². The number of fused-ring (bicyclic) bond motifs is 1. The summed E-state index contributed by atoms with van der Waals surface area (Å²) in [6, 6.07) is 25.3. The number of thioether (sulfide) groups is 1. The van der Waals surface area contributed by atoms with E-state index in [2.05, 4.69) is 70.2 Å². The van der Waals surface area contributed by atoms with Gasteiger partial charge in [0.15, 0.2) is 10.3 Å². The van der Waals surface area contributed by atoms with E-state index >= 15 is 0 Å². The van der Waals surface area contributed by atoms with Crippen LogP contribution >= 0.6 is 23.1 Å². The van der Waals surface area contributed by atoms with Gasteiger partial charge in [0.2, 0.25) is 0 Å². The molecule has 0 spiro atoms. The second-order valence-corrected chi connectivity index (χ2v) is 9.54. The van der Waals surface area contributed by atoms with E-state index in [1.807, 2.05) is 18.2 Å². The van der Waals surface area contributed by atoms with Crippen molar-refractivity contribution in [3.8, 4) is 5.75 Å². The Morgan fingerprint density at radius 2 is 1.84 bits per heavy atom. The first-order chi connectivity index (χ1) is 15.8. The third kappa shape index (κ3) is 4.74. The summed E-state index contributed by atoms with van der Waals surface area (Å²) in [5.41, 5.74) is 4.54. The molecule has 5 rings (SSSR count). The van der Waals surface area contributed by atoms with Gasteiger partial charge in [-0.1, -0.05) is 71.6 Å². The highest BCUT2D eigenvalue weighted by molar-refractivity contribution is 8.14. The molecule has 0 unspecified atom stereocenters. The van der Waals surface area contributed by atoms with Crippen molar-refractivity contribution < 1.29 is 4.74 Å². The number of nitrogens with one attached hydrogen (secondary N) is 2. The average Bonchev–Trinajstić information content (AvgIpc) is 3.47. The summed E-state index contributed by atoms with van der Waals surface area (Å²) >= 11 is 3.43. The number of aliphatic imine (C=N–C) groups is 1. The number of hydrogen-bond acceptors (Lipinski definition) is 7. The van der Waals surface area contributed by atoms with E-state index in [0.29, 0.717) is 0 Å². The Balaban J connectivity index is 1.14. The molecule has 0 saturated carbocycles. The summed E-state index contributed by atoms with van der Waals surface area (Å²) in [5, 5.41) is 8.80. The Morgan fingerprint density at radius 3 is 2.66 bits per heavy atom. The van der Waals surface area contributed by atoms with E-state index in [9.17, 15) is 0 Å². The smallest absolute Gasteiger partial charge is 0.183 e. The first-order valence-electron chi connectivity index (χ1n) is 10.6. The van der Waals surface area contributed by atoms with E-state index in [1.165, 1.54) is 11.1 Å². The Bertz CT molecular complexity index is 1220. The van der Waals surface area contributed by atoms with Gasteiger partial charge < -0.3 is 15.4 Å². The summed E-state index contributed by atoms with van der Waals surface area (Å²) < 4.78 is 6.53. The Labute approximate surface area is 196 Å². The molecule has 7 heteroatoms. The predicted octanol–water partition coefficient (Wildman–Crippen LogP) is 6.22. The molecule has 5 nitrogen and oxygen atoms in total. The monoisotopic (exact) mass is 460 g/mol. The normalized spacial score (nSPS) is 15.5. The zero-order valence-electron chi connectivity index (χ0n) is 17.7. The first kappa shape index (κ1) is 20.8. The van der Waals surface area contributed by atoms with Crippen molar-refractivity contribution in [2.24, 2.45) is 4.99 Å². The second-order valence-electron chi connectivity index (χ2n) is 7.50. The SMILES string of the molecule is COc1cccc2sc(NCCc3ccc(NC4=N[C@@H](c5ccccc5)CS4)cc3)nc12. The molecule has 1 aliphatic rings. The molecule has 0 aliphatic carbocycles. The highest BCUT2D eigenvalue weighted by Gasteiger charge is 2.19. The fraction of sp³-hybridized carbons (Fsp3) is 0.200. The fourth-order valence-corrected chi connectivity index (χ4v) is 5.53. The summed E-state index contributed by atoms with van der Waals surface area (Å²) in [4.78, 5) is 9.50. The van der Waals surface area contributed by atoms with Gasteiger partial charge in [0.05, 0.1) is 17.9 Å². The van der Waals surface area contributed by atoms with Crippen molar-refractivity contribution in [3.05, 3.63) is 83.9 Å². The molecule has 0 radical (unpaired) electrons. The number of thiazole rings is 1. The molecule has 4 aromatic rings. The van der Waals surface area contributed by atoms with Crippen molar-refractivity contribution in [1.29, 1.82) is 0 Å². The molecule has 1 aliphatic heterocycles. The largest absolute Gasteiger partial charge is 0.494 e. The zero-order valence-corrected chi connectivity index (χ0v) is 19.4. The third-order valence-corrected chi connectivity index (χ3v) is 7.27. The third-order valence-electron chi connectivity index (χ3n) is 5.33. The van der Waals surface area contributed by atoms with Crippen LogP contribution in [0, 0.1) is 0 Å². The van der Waals surface area contributed by atoms with E-state index in [-0.39, 0.29) is 6.04 Å². The number of ether oxygens (including phenoxy) is 1. The minimum atomic E-state index is 0.233. The Hall–Kier alpha value is -3.03. The maximum Gasteiger partial charge on any atom is 0.183 e. The second kappa shape index (κ2) is 9.63. The standard InChI is InChI=1S/C25H24N4OS2/c1-30-21-8-5-9-22-23(21)29-24(32-22)26-15-14-17-10-12-19(13-11-17)27-25-28-20(16-31-25)18-6-3-2-4-7-18/h2-13,20H,14-16H2,1H3,(H,26,29)(H,27,28)/t20-/m1/s1. The Morgan fingerprint density at radius 1 is 1.00 bits per heavy atom. The molecule has 3 aromatic carbocycles. The van der Waals surface area contributed by atoms with Gasteiger partial charge in [0.1, 0.15) is 11.3 Å². The van der Waals surface area contributed by atoms with Crippen LogP contribution in [0.5, 0.6) is 5.75 Å². The molecular formula is C25H24N4OS2. The summed E-state index contributed by atoms with van der Waals surface area (Å²) in [6.45, 7) is 0.830. The van der Waals surface area contributed by atoms with Crippen LogP contribution in [0.4, 0.5) is 10.8 Å². The molecule has 162 valence electrons. The average molecular weight is 461 g/mol. The number of rotatable bonds is 7. The molecule has 1 aromatic heterocycles. The van der Waals surface area contributed by atoms with Crippen LogP contribution in [0.15, 0.2) is 77.8 Å². The lowest BCUT2D eigenvalue weighted by Gasteiger charge is -2.07. The Kier molecular flexibility index (Phi) is 6.27. The molecule has 0 fully saturated rings. The van der Waals surface area contributed by atoms with E-state index in [4.69, 9.17) is 9.73 Å². The maximum absolute atomic E-state index is 5.40. The number of methoxy groups -OCH3 is 1. The molecule has 0 saturated heterocycles. The molecule has 2 heterocycles. The molecule has 0 bridgehead atoms. The number of hydrogen-bond donors (Lipinski definition) is 2. The zero-order chi connectivity index (χ0) is 21.8. The van der Waals surface area contributed by atoms with Crippen LogP contribution in [0.25, 0.3) is 10.2 Å². The number of benzene rings is 3. The number of anilines is 2. The van der Waals surface area contributed by atoms with E-state index in [1.54, 1.807) is 30.2 Å². The first-order valence-corrected chi connectivity index (χ1v) is 12.4. The molecule has 2 N–H and O–H groups in total. The van der Waals surface area contributed by atoms with Crippen LogP contribution in [-0.4, -0.2) is 29.6 Å². The van der Waals surface area contributed by atoms with Crippen LogP contribution in [0.1, 0.15) is 17.2 Å². The van der Waals surface area contributed by atoms with Crippen molar-refractivity contribution in [2.45, 2.75) is 12.5 Å². The highest BCUT2D eigenvalue weighted by atomic mass is 32.2. The number of para-hydroxylation sites is 1. The summed E-state index contributed by atoms with van der Waals surface area (Å²) in [7, 11) is 1.68. The lowest BCUT2D eigenvalue weighted by Crippen LogP contribution is -2.06. The molecule has 0 amide bonds. The lowest BCUT2D eigenvalue weighted by molar-refractivity contribution is 0.419. The van der Waals surface area contributed by atoms with Gasteiger partial charge in [-0.3, -0.25) is 4.99 Å². The number of nitrogens with zero attached hydrogens (tertiary/aromatic N) is 2. The van der Waals surface area contributed by atoms with Gasteiger partial charge >= 0.3 is 0 Å². The van der Waals surface area contributed by atoms with Gasteiger partial charge in [-0.2, -0.15) is 0 Å². The fourth-order valence-electron chi connectivity index (χ4n) is 3.64. The minimum Gasteiger partial charge on any atom is -0.494 e. The van der Waals surface area contributed by atoms with Crippen LogP contribution in [0.3, 0.4) is 0 Å². The van der Waals surface area contributed by atoms with Crippen molar-refractivity contribution in [2.75, 3.05) is 30.0 Å². The van der Waals surface area contributed by atoms with Crippen molar-refractivity contribution >= 4 is 49.3 Å². The van der Waals surface area contributed by atoms with Crippen LogP contribution in [0.2, 0.25) is 0 Å². The van der Waals surface area contributed by atoms with Gasteiger partial charge in [-0.05, 0) is 41.8 Å². The van der Waals surface area contributed by atoms with Gasteiger partial charge in [0, 0.05) is 18.0 Å². The summed E-state index contributed by atoms with van der Waals surface area (Å²) in [6.07, 6.45) is 0.930. The minimum absolute atomic E-state index is 0.233. The predicted molar refractivity (Wildman–Crippen MR) is 138 cm³/mol. The summed E-state index contributed by atoms with van der Waals surface area (Å²) in [5.74, 6) is 1.79. The van der Waals surface area contributed by atoms with Gasteiger partial charge in [0.25, 0.3) is 0 Å². The lowest BCUT2D eigenvalue weighted by atomic mass is 10.1. The molecular weight excluding hydrogens is 436 g/mol. The van der Waals surface area contributed by atoms with Crippen molar-refractivity contribution in [1.82, 2.24) is 4.98 Å². The van der Waals surface area contributed by atoms with Gasteiger partial charge in [-0.25, -0.2) is 4.98 Å². The molecule has 1 atom stereocenters. The number of aromatic nitrogens is 1. The number of amidine groups is 1. The topological polar surface area (TPSA) is 58.5 Å². The highest BCUT2D eigenvalue weighted by Crippen LogP contribution is 2.32. The van der Waals surface area contributed by atoms with E-state index < -0.39 is 0 Å². The maximum atomic E-state index is 5.40. The molecule has 32 heavy (non-hydrogen) atoms. The van der Waals surface area contributed by atoms with Crippen LogP contribution < -0.4 is 15.4 Å². The van der Waals surface area contributed by atoms with Gasteiger partial charge in [-0.15, -0.1) is 0 Å². The van der Waals surface area contributed by atoms with Crippen molar-refractivity contribution in [3.63, 3.8) is 0 Å². The quantitative estimate of drug-likeness (QED) is 0.343. The van der Waals surface area contributed by atoms with E-state index in [0.717, 1.165) is 50.7 Å².